The number of rotatable bonds is 6. The fourth-order valence-corrected chi connectivity index (χ4v) is 3.17. The Kier molecular flexibility index (Phi) is 5.35. The molecule has 1 fully saturated rings. The summed E-state index contributed by atoms with van der Waals surface area (Å²) in [6.07, 6.45) is 2.10. The number of nitrogens with two attached hydrogens (primary N) is 1. The molecule has 1 aromatic carbocycles. The topological polar surface area (TPSA) is 100 Å². The van der Waals surface area contributed by atoms with Crippen LogP contribution in [0.4, 0.5) is 0 Å². The van der Waals surface area contributed by atoms with Gasteiger partial charge in [-0.05, 0) is 25.0 Å². The van der Waals surface area contributed by atoms with Gasteiger partial charge >= 0.3 is 0 Å². The van der Waals surface area contributed by atoms with Crippen LogP contribution < -0.4 is 11.1 Å². The van der Waals surface area contributed by atoms with Crippen LogP contribution in [0.25, 0.3) is 10.9 Å². The van der Waals surface area contributed by atoms with Gasteiger partial charge in [-0.3, -0.25) is 14.5 Å². The number of ether oxygens (including phenoxy) is 1. The fraction of sp³-hybridized carbons (Fsp3) is 0.444. The van der Waals surface area contributed by atoms with Gasteiger partial charge < -0.3 is 20.8 Å². The van der Waals surface area contributed by atoms with E-state index in [0.29, 0.717) is 26.2 Å². The van der Waals surface area contributed by atoms with Gasteiger partial charge in [0, 0.05) is 36.7 Å². The number of hydrogen-bond donors (Lipinski definition) is 3. The number of H-pyrrole nitrogens is 1. The second-order valence-corrected chi connectivity index (χ2v) is 6.33. The van der Waals surface area contributed by atoms with Crippen molar-refractivity contribution >= 4 is 22.7 Å². The van der Waals surface area contributed by atoms with Crippen molar-refractivity contribution in [1.29, 1.82) is 0 Å². The first-order valence-electron chi connectivity index (χ1n) is 8.54. The van der Waals surface area contributed by atoms with Crippen LogP contribution in [0.5, 0.6) is 0 Å². The minimum Gasteiger partial charge on any atom is -0.367 e. The van der Waals surface area contributed by atoms with E-state index in [1.807, 2.05) is 36.2 Å². The zero-order valence-electron chi connectivity index (χ0n) is 14.3. The molecule has 7 nitrogen and oxygen atoms in total. The molecule has 0 spiro atoms. The van der Waals surface area contributed by atoms with Crippen molar-refractivity contribution in [3.05, 3.63) is 36.0 Å². The Balaban J connectivity index is 1.51. The van der Waals surface area contributed by atoms with Gasteiger partial charge in [0.15, 0.2) is 0 Å². The highest BCUT2D eigenvalue weighted by Crippen LogP contribution is 2.17. The molecule has 1 aliphatic heterocycles. The number of primary amides is 1. The summed E-state index contributed by atoms with van der Waals surface area (Å²) in [6.45, 7) is 3.77. The SMILES string of the molecule is CC(C(=O)NCCc1c[nH]c2ccccc12)N1CCOC(C(N)=O)C1. The maximum Gasteiger partial charge on any atom is 0.247 e. The van der Waals surface area contributed by atoms with Crippen molar-refractivity contribution < 1.29 is 14.3 Å². The first-order chi connectivity index (χ1) is 12.1. The van der Waals surface area contributed by atoms with Gasteiger partial charge in [0.25, 0.3) is 0 Å². The van der Waals surface area contributed by atoms with Crippen LogP contribution in [0.15, 0.2) is 30.5 Å². The van der Waals surface area contributed by atoms with Gasteiger partial charge in [-0.25, -0.2) is 0 Å². The molecule has 0 saturated carbocycles. The summed E-state index contributed by atoms with van der Waals surface area (Å²) in [6, 6.07) is 7.78. The van der Waals surface area contributed by atoms with Gasteiger partial charge in [-0.1, -0.05) is 18.2 Å². The van der Waals surface area contributed by atoms with Crippen molar-refractivity contribution in [2.24, 2.45) is 5.73 Å². The smallest absolute Gasteiger partial charge is 0.247 e. The molecule has 2 heterocycles. The Labute approximate surface area is 146 Å². The number of carbonyl (C=O) groups is 2. The summed E-state index contributed by atoms with van der Waals surface area (Å²) < 4.78 is 5.32. The summed E-state index contributed by atoms with van der Waals surface area (Å²) in [7, 11) is 0. The molecule has 1 saturated heterocycles. The number of aromatic amines is 1. The lowest BCUT2D eigenvalue weighted by Crippen LogP contribution is -2.55. The maximum absolute atomic E-state index is 12.4. The van der Waals surface area contributed by atoms with Gasteiger partial charge in [-0.15, -0.1) is 0 Å². The second-order valence-electron chi connectivity index (χ2n) is 6.33. The van der Waals surface area contributed by atoms with E-state index < -0.39 is 12.0 Å². The van der Waals surface area contributed by atoms with Crippen LogP contribution >= 0.6 is 0 Å². The predicted octanol–water partition coefficient (Wildman–Crippen LogP) is 0.401. The van der Waals surface area contributed by atoms with Crippen LogP contribution in [0.2, 0.25) is 0 Å². The predicted molar refractivity (Wildman–Crippen MR) is 95.0 cm³/mol. The average Bonchev–Trinajstić information content (AvgIpc) is 3.04. The minimum atomic E-state index is -0.643. The third-order valence-corrected chi connectivity index (χ3v) is 4.71. The summed E-state index contributed by atoms with van der Waals surface area (Å²) >= 11 is 0. The van der Waals surface area contributed by atoms with Crippen LogP contribution in [0.1, 0.15) is 12.5 Å². The van der Waals surface area contributed by atoms with Crippen molar-refractivity contribution in [2.75, 3.05) is 26.2 Å². The number of benzene rings is 1. The Hall–Kier alpha value is -2.38. The van der Waals surface area contributed by atoms with Crippen molar-refractivity contribution in [3.63, 3.8) is 0 Å². The molecule has 3 rings (SSSR count). The summed E-state index contributed by atoms with van der Waals surface area (Å²) in [5.41, 5.74) is 7.58. The zero-order valence-corrected chi connectivity index (χ0v) is 14.3. The highest BCUT2D eigenvalue weighted by Gasteiger charge is 2.30. The Morgan fingerprint density at radius 2 is 2.24 bits per heavy atom. The van der Waals surface area contributed by atoms with E-state index in [1.54, 1.807) is 0 Å². The number of morpholine rings is 1. The van der Waals surface area contributed by atoms with Crippen LogP contribution in [0, 0.1) is 0 Å². The molecule has 4 N–H and O–H groups in total. The number of nitrogens with zero attached hydrogens (tertiary/aromatic N) is 1. The van der Waals surface area contributed by atoms with Gasteiger partial charge in [-0.2, -0.15) is 0 Å². The number of fused-ring (bicyclic) bond motifs is 1. The van der Waals surface area contributed by atoms with Gasteiger partial charge in [0.2, 0.25) is 11.8 Å². The van der Waals surface area contributed by atoms with Gasteiger partial charge in [0.1, 0.15) is 6.10 Å². The highest BCUT2D eigenvalue weighted by atomic mass is 16.5. The molecule has 134 valence electrons. The number of hydrogen-bond acceptors (Lipinski definition) is 4. The van der Waals surface area contributed by atoms with E-state index in [1.165, 1.54) is 10.9 Å². The molecule has 1 aliphatic rings. The monoisotopic (exact) mass is 344 g/mol. The molecule has 2 unspecified atom stereocenters. The summed E-state index contributed by atoms with van der Waals surface area (Å²) in [5.74, 6) is -0.540. The van der Waals surface area contributed by atoms with E-state index in [0.717, 1.165) is 11.9 Å². The van der Waals surface area contributed by atoms with Crippen molar-refractivity contribution in [3.8, 4) is 0 Å². The second kappa shape index (κ2) is 7.67. The molecule has 1 aromatic heterocycles. The summed E-state index contributed by atoms with van der Waals surface area (Å²) in [5, 5.41) is 4.16. The van der Waals surface area contributed by atoms with E-state index in [4.69, 9.17) is 10.5 Å². The maximum atomic E-state index is 12.4. The molecule has 7 heteroatoms. The van der Waals surface area contributed by atoms with Crippen molar-refractivity contribution in [2.45, 2.75) is 25.5 Å². The third-order valence-electron chi connectivity index (χ3n) is 4.71. The van der Waals surface area contributed by atoms with Crippen LogP contribution in [0.3, 0.4) is 0 Å². The largest absolute Gasteiger partial charge is 0.367 e. The molecule has 25 heavy (non-hydrogen) atoms. The molecule has 0 bridgehead atoms. The molecule has 0 aliphatic carbocycles. The standard InChI is InChI=1S/C18H24N4O3/c1-12(22-8-9-25-16(11-22)17(19)23)18(24)20-7-6-13-10-21-15-5-3-2-4-14(13)15/h2-5,10,12,16,21H,6-9,11H2,1H3,(H2,19,23)(H,20,24). The van der Waals surface area contributed by atoms with E-state index >= 15 is 0 Å². The first-order valence-corrected chi connectivity index (χ1v) is 8.54. The first kappa shape index (κ1) is 17.4. The van der Waals surface area contributed by atoms with E-state index in [2.05, 4.69) is 16.4 Å². The Bertz CT molecular complexity index is 758. The minimum absolute atomic E-state index is 0.0510. The highest BCUT2D eigenvalue weighted by molar-refractivity contribution is 5.84. The molecular formula is C18H24N4O3. The Morgan fingerprint density at radius 3 is 3.04 bits per heavy atom. The number of carbonyl (C=O) groups excluding carboxylic acids is 2. The number of amides is 2. The lowest BCUT2D eigenvalue weighted by atomic mass is 10.1. The van der Waals surface area contributed by atoms with E-state index in [9.17, 15) is 9.59 Å². The number of nitrogens with one attached hydrogen (secondary N) is 2. The molecule has 2 aromatic rings. The molecule has 0 radical (unpaired) electrons. The lowest BCUT2D eigenvalue weighted by molar-refractivity contribution is -0.140. The fourth-order valence-electron chi connectivity index (χ4n) is 3.17. The molecule has 2 atom stereocenters. The average molecular weight is 344 g/mol. The zero-order chi connectivity index (χ0) is 17.8. The lowest BCUT2D eigenvalue weighted by Gasteiger charge is -2.34. The van der Waals surface area contributed by atoms with Crippen LogP contribution in [-0.2, 0) is 20.7 Å². The summed E-state index contributed by atoms with van der Waals surface area (Å²) in [4.78, 5) is 28.8. The Morgan fingerprint density at radius 1 is 1.44 bits per heavy atom. The number of aromatic nitrogens is 1. The van der Waals surface area contributed by atoms with Gasteiger partial charge in [0.05, 0.1) is 12.6 Å². The quantitative estimate of drug-likeness (QED) is 0.706. The normalized spacial score (nSPS) is 19.6. The van der Waals surface area contributed by atoms with Crippen molar-refractivity contribution in [1.82, 2.24) is 15.2 Å². The third kappa shape index (κ3) is 4.00. The van der Waals surface area contributed by atoms with E-state index in [-0.39, 0.29) is 11.9 Å². The molecule has 2 amide bonds. The van der Waals surface area contributed by atoms with Crippen LogP contribution in [-0.4, -0.2) is 60.1 Å². The molecular weight excluding hydrogens is 320 g/mol. The number of para-hydroxylation sites is 1.